The summed E-state index contributed by atoms with van der Waals surface area (Å²) in [5.74, 6) is 1.11. The van der Waals surface area contributed by atoms with Crippen molar-refractivity contribution in [1.82, 2.24) is 4.98 Å². The molecule has 176 valence electrons. The summed E-state index contributed by atoms with van der Waals surface area (Å²) in [6.45, 7) is 1.71. The first-order chi connectivity index (χ1) is 17.5. The zero-order valence-electron chi connectivity index (χ0n) is 19.3. The fraction of sp³-hybridized carbons (Fsp3) is 0.0714. The zero-order chi connectivity index (χ0) is 25.5. The van der Waals surface area contributed by atoms with Gasteiger partial charge in [0.2, 0.25) is 5.91 Å². The van der Waals surface area contributed by atoms with Crippen molar-refractivity contribution >= 4 is 29.2 Å². The third kappa shape index (κ3) is 5.47. The highest BCUT2D eigenvalue weighted by atomic mass is 32.2. The summed E-state index contributed by atoms with van der Waals surface area (Å²) in [5, 5.41) is 22.1. The standard InChI is InChI=1S/C28H21N5O2S/c1-18(27(34)32-20-12-14-22(15-13-20)35-21-10-6-3-7-11-21)36-28-24(17-30)25(19-8-4-2-5-9-19)23(16-29)26(31)33-28/h2-15,18H,1H3,(H2,31,33)(H,32,34). The maximum atomic E-state index is 12.9. The SMILES string of the molecule is CC(Sc1nc(N)c(C#N)c(-c2ccccc2)c1C#N)C(=O)Nc1ccc(Oc2ccccc2)cc1. The minimum Gasteiger partial charge on any atom is -0.457 e. The highest BCUT2D eigenvalue weighted by Crippen LogP contribution is 2.37. The average molecular weight is 492 g/mol. The van der Waals surface area contributed by atoms with Gasteiger partial charge in [-0.15, -0.1) is 0 Å². The van der Waals surface area contributed by atoms with Gasteiger partial charge in [-0.25, -0.2) is 4.98 Å². The van der Waals surface area contributed by atoms with Crippen molar-refractivity contribution in [2.45, 2.75) is 17.2 Å². The lowest BCUT2D eigenvalue weighted by atomic mass is 9.97. The Labute approximate surface area is 213 Å². The summed E-state index contributed by atoms with van der Waals surface area (Å²) in [6, 6.07) is 29.7. The van der Waals surface area contributed by atoms with Crippen molar-refractivity contribution in [3.63, 3.8) is 0 Å². The van der Waals surface area contributed by atoms with Gasteiger partial charge in [0.15, 0.2) is 0 Å². The summed E-state index contributed by atoms with van der Waals surface area (Å²) >= 11 is 1.11. The van der Waals surface area contributed by atoms with E-state index in [1.807, 2.05) is 48.5 Å². The zero-order valence-corrected chi connectivity index (χ0v) is 20.1. The molecule has 7 nitrogen and oxygen atoms in total. The minimum absolute atomic E-state index is 0.0134. The molecule has 0 aliphatic carbocycles. The number of para-hydroxylation sites is 1. The average Bonchev–Trinajstić information content (AvgIpc) is 2.90. The predicted molar refractivity (Wildman–Crippen MR) is 140 cm³/mol. The number of nitrogens with one attached hydrogen (secondary N) is 1. The number of hydrogen-bond donors (Lipinski definition) is 2. The first kappa shape index (κ1) is 24.3. The number of nitrogen functional groups attached to an aromatic ring is 1. The Morgan fingerprint density at radius 2 is 1.50 bits per heavy atom. The van der Waals surface area contributed by atoms with Crippen LogP contribution in [-0.4, -0.2) is 16.1 Å². The van der Waals surface area contributed by atoms with Crippen LogP contribution in [0.5, 0.6) is 11.5 Å². The second-order valence-corrected chi connectivity index (χ2v) is 9.04. The van der Waals surface area contributed by atoms with Crippen LogP contribution in [0.1, 0.15) is 18.1 Å². The fourth-order valence-electron chi connectivity index (χ4n) is 3.47. The first-order valence-electron chi connectivity index (χ1n) is 11.0. The Morgan fingerprint density at radius 3 is 2.11 bits per heavy atom. The maximum absolute atomic E-state index is 12.9. The van der Waals surface area contributed by atoms with Crippen LogP contribution in [0.4, 0.5) is 11.5 Å². The number of ether oxygens (including phenoxy) is 1. The molecule has 4 rings (SSSR count). The third-order valence-electron chi connectivity index (χ3n) is 5.24. The summed E-state index contributed by atoms with van der Waals surface area (Å²) in [6.07, 6.45) is 0. The normalized spacial score (nSPS) is 11.1. The van der Waals surface area contributed by atoms with Crippen molar-refractivity contribution in [3.05, 3.63) is 96.1 Å². The van der Waals surface area contributed by atoms with Gasteiger partial charge in [-0.1, -0.05) is 60.3 Å². The number of aromatic nitrogens is 1. The van der Waals surface area contributed by atoms with E-state index >= 15 is 0 Å². The number of thioether (sulfide) groups is 1. The third-order valence-corrected chi connectivity index (χ3v) is 6.32. The van der Waals surface area contributed by atoms with Crippen LogP contribution in [0.2, 0.25) is 0 Å². The van der Waals surface area contributed by atoms with Gasteiger partial charge in [-0.05, 0) is 48.9 Å². The van der Waals surface area contributed by atoms with Crippen LogP contribution < -0.4 is 15.8 Å². The Bertz CT molecular complexity index is 1460. The van der Waals surface area contributed by atoms with Crippen LogP contribution in [-0.2, 0) is 4.79 Å². The van der Waals surface area contributed by atoms with E-state index in [9.17, 15) is 15.3 Å². The maximum Gasteiger partial charge on any atom is 0.237 e. The second kappa shape index (κ2) is 11.1. The van der Waals surface area contributed by atoms with Gasteiger partial charge in [0.1, 0.15) is 40.0 Å². The van der Waals surface area contributed by atoms with Crippen molar-refractivity contribution in [2.24, 2.45) is 0 Å². The van der Waals surface area contributed by atoms with Crippen LogP contribution in [0.3, 0.4) is 0 Å². The molecular formula is C28H21N5O2S. The van der Waals surface area contributed by atoms with E-state index < -0.39 is 5.25 Å². The van der Waals surface area contributed by atoms with E-state index in [0.29, 0.717) is 27.6 Å². The Kier molecular flexibility index (Phi) is 7.50. The summed E-state index contributed by atoms with van der Waals surface area (Å²) in [4.78, 5) is 17.2. The van der Waals surface area contributed by atoms with Crippen LogP contribution in [0.25, 0.3) is 11.1 Å². The van der Waals surface area contributed by atoms with E-state index in [0.717, 1.165) is 17.5 Å². The molecule has 0 spiro atoms. The highest BCUT2D eigenvalue weighted by molar-refractivity contribution is 8.00. The summed E-state index contributed by atoms with van der Waals surface area (Å²) < 4.78 is 5.78. The number of benzene rings is 3. The lowest BCUT2D eigenvalue weighted by Gasteiger charge is -2.16. The van der Waals surface area contributed by atoms with E-state index in [4.69, 9.17) is 10.5 Å². The number of hydrogen-bond acceptors (Lipinski definition) is 7. The molecule has 1 heterocycles. The number of carbonyl (C=O) groups excluding carboxylic acids is 1. The molecule has 1 unspecified atom stereocenters. The summed E-state index contributed by atoms with van der Waals surface area (Å²) in [7, 11) is 0. The smallest absolute Gasteiger partial charge is 0.237 e. The van der Waals surface area contributed by atoms with E-state index in [-0.39, 0.29) is 22.9 Å². The van der Waals surface area contributed by atoms with E-state index in [1.54, 1.807) is 43.3 Å². The molecule has 0 aliphatic heterocycles. The van der Waals surface area contributed by atoms with Gasteiger partial charge >= 0.3 is 0 Å². The van der Waals surface area contributed by atoms with Crippen molar-refractivity contribution in [1.29, 1.82) is 10.5 Å². The molecule has 1 atom stereocenters. The molecule has 0 saturated carbocycles. The fourth-order valence-corrected chi connectivity index (χ4v) is 4.39. The Balaban J connectivity index is 1.52. The number of carbonyl (C=O) groups is 1. The largest absolute Gasteiger partial charge is 0.457 e. The van der Waals surface area contributed by atoms with Crippen LogP contribution in [0.15, 0.2) is 90.0 Å². The highest BCUT2D eigenvalue weighted by Gasteiger charge is 2.24. The van der Waals surface area contributed by atoms with Gasteiger partial charge in [0.05, 0.1) is 10.8 Å². The van der Waals surface area contributed by atoms with Crippen molar-refractivity contribution in [2.75, 3.05) is 11.1 Å². The van der Waals surface area contributed by atoms with Gasteiger partial charge in [0, 0.05) is 11.3 Å². The first-order valence-corrected chi connectivity index (χ1v) is 11.9. The molecule has 3 aromatic carbocycles. The van der Waals surface area contributed by atoms with Crippen LogP contribution >= 0.6 is 11.8 Å². The molecule has 36 heavy (non-hydrogen) atoms. The Hall–Kier alpha value is -4.79. The molecular weight excluding hydrogens is 470 g/mol. The molecule has 0 saturated heterocycles. The van der Waals surface area contributed by atoms with E-state index in [1.165, 1.54) is 0 Å². The van der Waals surface area contributed by atoms with Crippen molar-refractivity contribution < 1.29 is 9.53 Å². The number of pyridine rings is 1. The van der Waals surface area contributed by atoms with E-state index in [2.05, 4.69) is 22.4 Å². The minimum atomic E-state index is -0.596. The Morgan fingerprint density at radius 1 is 0.917 bits per heavy atom. The quantitative estimate of drug-likeness (QED) is 0.304. The van der Waals surface area contributed by atoms with Crippen molar-refractivity contribution in [3.8, 4) is 34.8 Å². The lowest BCUT2D eigenvalue weighted by molar-refractivity contribution is -0.115. The number of amides is 1. The van der Waals surface area contributed by atoms with Gasteiger partial charge in [0.25, 0.3) is 0 Å². The van der Waals surface area contributed by atoms with Gasteiger partial charge in [-0.2, -0.15) is 10.5 Å². The number of nitriles is 2. The predicted octanol–water partition coefficient (Wildman–Crippen LogP) is 5.99. The molecule has 1 aromatic heterocycles. The molecule has 3 N–H and O–H groups in total. The van der Waals surface area contributed by atoms with Gasteiger partial charge < -0.3 is 15.8 Å². The molecule has 0 aliphatic rings. The second-order valence-electron chi connectivity index (χ2n) is 7.71. The molecule has 8 heteroatoms. The monoisotopic (exact) mass is 491 g/mol. The topological polar surface area (TPSA) is 125 Å². The van der Waals surface area contributed by atoms with Gasteiger partial charge in [-0.3, -0.25) is 4.79 Å². The number of rotatable bonds is 7. The summed E-state index contributed by atoms with van der Waals surface area (Å²) in [5.41, 5.74) is 8.11. The number of anilines is 2. The van der Waals surface area contributed by atoms with Crippen LogP contribution in [0, 0.1) is 22.7 Å². The molecule has 0 fully saturated rings. The number of nitrogens with zero attached hydrogens (tertiary/aromatic N) is 3. The molecule has 0 bridgehead atoms. The molecule has 1 amide bonds. The molecule has 4 aromatic rings. The number of nitrogens with two attached hydrogens (primary N) is 1. The lowest BCUT2D eigenvalue weighted by Crippen LogP contribution is -2.22. The molecule has 0 radical (unpaired) electrons.